The number of nitrogens with one attached hydrogen (secondary N) is 1. The van der Waals surface area contributed by atoms with E-state index in [2.05, 4.69) is 12.2 Å². The van der Waals surface area contributed by atoms with Gasteiger partial charge in [0.05, 0.1) is 0 Å². The van der Waals surface area contributed by atoms with E-state index in [-0.39, 0.29) is 5.91 Å². The van der Waals surface area contributed by atoms with Gasteiger partial charge in [-0.05, 0) is 37.5 Å². The van der Waals surface area contributed by atoms with Gasteiger partial charge in [0, 0.05) is 12.5 Å². The lowest BCUT2D eigenvalue weighted by molar-refractivity contribution is -0.122. The molecule has 68 valence electrons. The van der Waals surface area contributed by atoms with E-state index in [1.54, 1.807) is 0 Å². The predicted molar refractivity (Wildman–Crippen MR) is 47.7 cm³/mol. The summed E-state index contributed by atoms with van der Waals surface area (Å²) in [5.41, 5.74) is 0. The molecule has 2 fully saturated rings. The zero-order chi connectivity index (χ0) is 8.55. The molecule has 2 aliphatic carbocycles. The van der Waals surface area contributed by atoms with E-state index >= 15 is 0 Å². The highest BCUT2D eigenvalue weighted by Gasteiger charge is 2.29. The average Bonchev–Trinajstić information content (AvgIpc) is 2.68. The molecule has 2 rings (SSSR count). The summed E-state index contributed by atoms with van der Waals surface area (Å²) in [6.45, 7) is 2.24. The minimum atomic E-state index is 0.286. The number of hydrogen-bond acceptors (Lipinski definition) is 1. The van der Waals surface area contributed by atoms with E-state index in [1.807, 2.05) is 0 Å². The molecule has 12 heavy (non-hydrogen) atoms. The van der Waals surface area contributed by atoms with Crippen LogP contribution in [0.2, 0.25) is 0 Å². The summed E-state index contributed by atoms with van der Waals surface area (Å²) < 4.78 is 0. The summed E-state index contributed by atoms with van der Waals surface area (Å²) in [4.78, 5) is 11.3. The van der Waals surface area contributed by atoms with Crippen LogP contribution in [0.25, 0.3) is 0 Å². The minimum Gasteiger partial charge on any atom is -0.353 e. The molecule has 0 bridgehead atoms. The summed E-state index contributed by atoms with van der Waals surface area (Å²) in [6.07, 6.45) is 5.71. The van der Waals surface area contributed by atoms with Gasteiger partial charge in [0.25, 0.3) is 0 Å². The SMILES string of the molecule is CC1CC(NC(=O)CC2CC2)C1. The Bertz CT molecular complexity index is 180. The van der Waals surface area contributed by atoms with Gasteiger partial charge in [-0.25, -0.2) is 0 Å². The Balaban J connectivity index is 1.62. The van der Waals surface area contributed by atoms with Crippen molar-refractivity contribution in [1.29, 1.82) is 0 Å². The zero-order valence-corrected chi connectivity index (χ0v) is 7.68. The lowest BCUT2D eigenvalue weighted by Gasteiger charge is -2.33. The molecule has 0 atom stereocenters. The Kier molecular flexibility index (Phi) is 2.07. The van der Waals surface area contributed by atoms with Gasteiger partial charge in [-0.2, -0.15) is 0 Å². The summed E-state index contributed by atoms with van der Waals surface area (Å²) >= 11 is 0. The van der Waals surface area contributed by atoms with Gasteiger partial charge in [0.1, 0.15) is 0 Å². The van der Waals surface area contributed by atoms with Crippen LogP contribution in [0.4, 0.5) is 0 Å². The Morgan fingerprint density at radius 3 is 2.58 bits per heavy atom. The van der Waals surface area contributed by atoms with Gasteiger partial charge in [-0.3, -0.25) is 4.79 Å². The van der Waals surface area contributed by atoms with Gasteiger partial charge in [0.2, 0.25) is 5.91 Å². The topological polar surface area (TPSA) is 29.1 Å². The van der Waals surface area contributed by atoms with Crippen molar-refractivity contribution in [2.24, 2.45) is 11.8 Å². The molecule has 0 aliphatic heterocycles. The Morgan fingerprint density at radius 2 is 2.08 bits per heavy atom. The number of carbonyl (C=O) groups is 1. The molecule has 1 amide bonds. The Labute approximate surface area is 73.7 Å². The van der Waals surface area contributed by atoms with Crippen LogP contribution in [0.1, 0.15) is 39.0 Å². The molecule has 0 aromatic heterocycles. The zero-order valence-electron chi connectivity index (χ0n) is 7.68. The van der Waals surface area contributed by atoms with E-state index in [0.717, 1.165) is 18.3 Å². The van der Waals surface area contributed by atoms with Crippen molar-refractivity contribution in [2.45, 2.75) is 45.1 Å². The molecular formula is C10H17NO. The quantitative estimate of drug-likeness (QED) is 0.681. The molecule has 0 aromatic carbocycles. The fraction of sp³-hybridized carbons (Fsp3) is 0.900. The van der Waals surface area contributed by atoms with Crippen molar-refractivity contribution in [2.75, 3.05) is 0 Å². The van der Waals surface area contributed by atoms with E-state index in [0.29, 0.717) is 6.04 Å². The second kappa shape index (κ2) is 3.08. The van der Waals surface area contributed by atoms with Crippen molar-refractivity contribution < 1.29 is 4.79 Å². The van der Waals surface area contributed by atoms with Crippen molar-refractivity contribution in [1.82, 2.24) is 5.32 Å². The molecule has 0 radical (unpaired) electrons. The third kappa shape index (κ3) is 1.99. The first-order valence-corrected chi connectivity index (χ1v) is 5.03. The molecular weight excluding hydrogens is 150 g/mol. The highest BCUT2D eigenvalue weighted by molar-refractivity contribution is 5.76. The van der Waals surface area contributed by atoms with Crippen molar-refractivity contribution >= 4 is 5.91 Å². The van der Waals surface area contributed by atoms with Crippen LogP contribution in [0.5, 0.6) is 0 Å². The van der Waals surface area contributed by atoms with E-state index in [4.69, 9.17) is 0 Å². The third-order valence-electron chi connectivity index (χ3n) is 2.91. The van der Waals surface area contributed by atoms with Crippen molar-refractivity contribution in [3.63, 3.8) is 0 Å². The van der Waals surface area contributed by atoms with Crippen LogP contribution in [-0.2, 0) is 4.79 Å². The van der Waals surface area contributed by atoms with Crippen LogP contribution in [0.3, 0.4) is 0 Å². The molecule has 0 unspecified atom stereocenters. The first kappa shape index (κ1) is 8.09. The van der Waals surface area contributed by atoms with Crippen molar-refractivity contribution in [3.05, 3.63) is 0 Å². The monoisotopic (exact) mass is 167 g/mol. The van der Waals surface area contributed by atoms with Crippen LogP contribution in [0, 0.1) is 11.8 Å². The highest BCUT2D eigenvalue weighted by atomic mass is 16.1. The standard InChI is InChI=1S/C10H17NO/c1-7-4-9(5-7)11-10(12)6-8-2-3-8/h7-9H,2-6H2,1H3,(H,11,12). The van der Waals surface area contributed by atoms with E-state index in [9.17, 15) is 4.79 Å². The lowest BCUT2D eigenvalue weighted by Crippen LogP contribution is -2.43. The number of carbonyl (C=O) groups excluding carboxylic acids is 1. The fourth-order valence-electron chi connectivity index (χ4n) is 1.89. The Morgan fingerprint density at radius 1 is 1.42 bits per heavy atom. The van der Waals surface area contributed by atoms with Crippen LogP contribution < -0.4 is 5.32 Å². The summed E-state index contributed by atoms with van der Waals surface area (Å²) in [6, 6.07) is 0.506. The average molecular weight is 167 g/mol. The molecule has 2 heteroatoms. The first-order valence-electron chi connectivity index (χ1n) is 5.03. The van der Waals surface area contributed by atoms with Gasteiger partial charge >= 0.3 is 0 Å². The maximum Gasteiger partial charge on any atom is 0.220 e. The highest BCUT2D eigenvalue weighted by Crippen LogP contribution is 2.33. The van der Waals surface area contributed by atoms with Crippen LogP contribution in [0.15, 0.2) is 0 Å². The van der Waals surface area contributed by atoms with Gasteiger partial charge in [0.15, 0.2) is 0 Å². The van der Waals surface area contributed by atoms with Gasteiger partial charge in [-0.1, -0.05) is 6.92 Å². The van der Waals surface area contributed by atoms with Crippen LogP contribution >= 0.6 is 0 Å². The summed E-state index contributed by atoms with van der Waals surface area (Å²) in [5.74, 6) is 1.84. The second-order valence-corrected chi connectivity index (χ2v) is 4.49. The van der Waals surface area contributed by atoms with Gasteiger partial charge in [-0.15, -0.1) is 0 Å². The van der Waals surface area contributed by atoms with Crippen molar-refractivity contribution in [3.8, 4) is 0 Å². The lowest BCUT2D eigenvalue weighted by atomic mass is 9.82. The summed E-state index contributed by atoms with van der Waals surface area (Å²) in [7, 11) is 0. The fourth-order valence-corrected chi connectivity index (χ4v) is 1.89. The number of rotatable bonds is 3. The largest absolute Gasteiger partial charge is 0.353 e. The molecule has 0 spiro atoms. The number of hydrogen-bond donors (Lipinski definition) is 1. The molecule has 0 heterocycles. The van der Waals surface area contributed by atoms with E-state index in [1.165, 1.54) is 25.7 Å². The smallest absolute Gasteiger partial charge is 0.220 e. The molecule has 1 N–H and O–H groups in total. The Hall–Kier alpha value is -0.530. The molecule has 2 nitrogen and oxygen atoms in total. The molecule has 2 saturated carbocycles. The predicted octanol–water partition coefficient (Wildman–Crippen LogP) is 1.70. The molecule has 0 aromatic rings. The maximum atomic E-state index is 11.3. The third-order valence-corrected chi connectivity index (χ3v) is 2.91. The number of amides is 1. The molecule has 2 aliphatic rings. The normalized spacial score (nSPS) is 34.1. The summed E-state index contributed by atoms with van der Waals surface area (Å²) in [5, 5.41) is 3.08. The van der Waals surface area contributed by atoms with Gasteiger partial charge < -0.3 is 5.32 Å². The first-order chi connectivity index (χ1) is 5.74. The molecule has 0 saturated heterocycles. The maximum absolute atomic E-state index is 11.3. The van der Waals surface area contributed by atoms with Crippen LogP contribution in [-0.4, -0.2) is 11.9 Å². The van der Waals surface area contributed by atoms with E-state index < -0.39 is 0 Å². The second-order valence-electron chi connectivity index (χ2n) is 4.49. The minimum absolute atomic E-state index is 0.286.